The number of nitrogens with zero attached hydrogens (tertiary/aromatic N) is 7. The number of halogens is 6. The molecular weight excluding hydrogens is 1270 g/mol. The fraction of sp³-hybridized carbons (Fsp3) is 0.317. The summed E-state index contributed by atoms with van der Waals surface area (Å²) < 4.78 is 20.3. The first-order valence-corrected chi connectivity index (χ1v) is 22.2. The third-order valence-corrected chi connectivity index (χ3v) is 10.7. The molecular formula is C41H43Br5ClMgN7O14. The molecule has 0 aromatic carbocycles. The molecule has 0 saturated heterocycles. The average Bonchev–Trinajstić information content (AvgIpc) is 3.83. The quantitative estimate of drug-likeness (QED) is 0.0248. The van der Waals surface area contributed by atoms with Gasteiger partial charge in [-0.25, -0.2) is 4.98 Å². The fourth-order valence-corrected chi connectivity index (χ4v) is 6.71. The Bertz CT molecular complexity index is 2430. The van der Waals surface area contributed by atoms with Crippen LogP contribution >= 0.6 is 75.3 Å². The van der Waals surface area contributed by atoms with Crippen LogP contribution in [0.15, 0.2) is 73.5 Å². The number of fused-ring (bicyclic) bond motifs is 1. The summed E-state index contributed by atoms with van der Waals surface area (Å²) >= 11 is 18.1. The molecule has 0 atom stereocenters. The summed E-state index contributed by atoms with van der Waals surface area (Å²) in [4.78, 5) is 90.7. The number of aryl methyl sites for hydroxylation is 2. The maximum atomic E-state index is 11.9. The van der Waals surface area contributed by atoms with Gasteiger partial charge in [0.2, 0.25) is 10.6 Å². The van der Waals surface area contributed by atoms with E-state index >= 15 is 0 Å². The van der Waals surface area contributed by atoms with Crippen molar-refractivity contribution in [2.24, 2.45) is 5.92 Å². The first kappa shape index (κ1) is 68.9. The van der Waals surface area contributed by atoms with Gasteiger partial charge in [-0.2, -0.15) is 0 Å². The number of carbonyl (C=O) groups excluding carboxylic acids is 4. The minimum atomic E-state index is -2.02. The Morgan fingerprint density at radius 2 is 1.13 bits per heavy atom. The molecule has 1 aliphatic carbocycles. The molecule has 0 bridgehead atoms. The zero-order valence-electron chi connectivity index (χ0n) is 38.0. The number of methoxy groups -OCH3 is 4. The number of hydrogen-bond acceptors (Lipinski definition) is 18. The SMILES string of the molecule is CCc1ncc(Br)c2c1CC=C2.CCc1ncc(Br)cc1[N+](=O)[O-].COC(=O)C(C)(C(=O)OC)c1ncc(Br)cc1[N+](=O)[O-].COC(=O)C(C)C(=O)OC.O=[N+]([O-])c1cc(Br)cnc1Cl.[Br-].[CH-]=C.[Mg+2]. The fourth-order valence-electron chi connectivity index (χ4n) is 5.10. The van der Waals surface area contributed by atoms with Gasteiger partial charge in [-0.05, 0) is 108 Å². The van der Waals surface area contributed by atoms with E-state index in [1.807, 2.05) is 13.1 Å². The van der Waals surface area contributed by atoms with Crippen molar-refractivity contribution in [2.75, 3.05) is 28.4 Å². The van der Waals surface area contributed by atoms with Crippen molar-refractivity contribution < 1.29 is 69.9 Å². The molecule has 69 heavy (non-hydrogen) atoms. The van der Waals surface area contributed by atoms with Gasteiger partial charge in [-0.3, -0.25) is 71.1 Å². The molecule has 4 heterocycles. The van der Waals surface area contributed by atoms with Gasteiger partial charge >= 0.3 is 52.6 Å². The Morgan fingerprint density at radius 3 is 1.54 bits per heavy atom. The van der Waals surface area contributed by atoms with E-state index in [9.17, 15) is 49.5 Å². The molecule has 4 aromatic rings. The number of rotatable bonds is 10. The minimum Gasteiger partial charge on any atom is -1.00 e. The van der Waals surface area contributed by atoms with Gasteiger partial charge in [0.25, 0.3) is 11.4 Å². The first-order chi connectivity index (χ1) is 31.5. The number of nitro groups is 3. The number of allylic oxidation sites excluding steroid dienone is 1. The van der Waals surface area contributed by atoms with Gasteiger partial charge < -0.3 is 42.5 Å². The average molecular weight is 1320 g/mol. The first-order valence-electron chi connectivity index (χ1n) is 18.6. The second kappa shape index (κ2) is 34.8. The van der Waals surface area contributed by atoms with Gasteiger partial charge in [0, 0.05) is 66.6 Å². The minimum absolute atomic E-state index is 0. The molecule has 0 N–H and O–H groups in total. The number of aromatic nitrogens is 4. The summed E-state index contributed by atoms with van der Waals surface area (Å²) in [5.74, 6) is -3.97. The summed E-state index contributed by atoms with van der Waals surface area (Å²) in [5, 5.41) is 31.7. The maximum Gasteiger partial charge on any atom is 2.00 e. The summed E-state index contributed by atoms with van der Waals surface area (Å²) in [7, 11) is 4.58. The van der Waals surface area contributed by atoms with Gasteiger partial charge in [-0.1, -0.05) is 37.6 Å². The molecule has 0 fully saturated rings. The standard InChI is InChI=1S/C11H11BrN2O6.C10H10BrN.C7H7BrN2O2.C6H10O4.C5H2BrClN2O2.C2H3.BrH.Mg/c1-11(9(15)19-2,10(16)20-3)8-7(14(17)18)4-6(12)5-13-8;1-2-10-8-5-3-4-7(8)9(11)6-12-10;1-2-6-7(10(11)12)3-5(8)4-9-6;1-4(5(7)9-2)6(8)10-3;6-3-1-4(9(10)11)5(7)8-2-3;1-2;;/h4-5H,1-3H3;3-4,6H,2,5H2,1H3;3-4H,2H2,1H3;4H,1-3H3;1-2H;1H,2H2;1H;/q;;;;;-1;;+2/p-1. The van der Waals surface area contributed by atoms with E-state index in [0.717, 1.165) is 44.5 Å². The number of pyridine rings is 4. The molecule has 0 unspecified atom stereocenters. The summed E-state index contributed by atoms with van der Waals surface area (Å²) in [6.07, 6.45) is 13.1. The zero-order valence-corrected chi connectivity index (χ0v) is 48.1. The van der Waals surface area contributed by atoms with Crippen LogP contribution in [-0.2, 0) is 62.8 Å². The van der Waals surface area contributed by atoms with Gasteiger partial charge in [0.05, 0.1) is 43.2 Å². The van der Waals surface area contributed by atoms with Gasteiger partial charge in [-0.15, -0.1) is 0 Å². The van der Waals surface area contributed by atoms with E-state index in [4.69, 9.17) is 11.6 Å². The molecule has 28 heteroatoms. The normalized spacial score (nSPS) is 10.1. The molecule has 1 aliphatic rings. The molecule has 0 spiro atoms. The predicted octanol–water partition coefficient (Wildman–Crippen LogP) is 6.25. The Morgan fingerprint density at radius 1 is 0.725 bits per heavy atom. The Labute approximate surface area is 461 Å². The molecule has 4 aromatic heterocycles. The van der Waals surface area contributed by atoms with E-state index in [1.165, 1.54) is 62.5 Å². The van der Waals surface area contributed by atoms with E-state index in [1.54, 1.807) is 6.20 Å². The third kappa shape index (κ3) is 20.9. The summed E-state index contributed by atoms with van der Waals surface area (Å²) in [6.45, 7) is 13.6. The molecule has 0 radical (unpaired) electrons. The molecule has 370 valence electrons. The van der Waals surface area contributed by atoms with Crippen molar-refractivity contribution in [2.45, 2.75) is 52.4 Å². The molecule has 0 aliphatic heterocycles. The third-order valence-electron chi connectivity index (χ3n) is 8.44. The van der Waals surface area contributed by atoms with E-state index in [2.05, 4.69) is 135 Å². The van der Waals surface area contributed by atoms with E-state index in [0.29, 0.717) is 25.5 Å². The van der Waals surface area contributed by atoms with E-state index in [-0.39, 0.29) is 62.3 Å². The zero-order chi connectivity index (χ0) is 51.8. The summed E-state index contributed by atoms with van der Waals surface area (Å²) in [5.41, 5.74) is 1.50. The largest absolute Gasteiger partial charge is 2.00 e. The van der Waals surface area contributed by atoms with Crippen LogP contribution in [0.3, 0.4) is 0 Å². The maximum absolute atomic E-state index is 11.9. The van der Waals surface area contributed by atoms with E-state index < -0.39 is 55.7 Å². The summed E-state index contributed by atoms with van der Waals surface area (Å²) in [6, 6.07) is 3.91. The second-order valence-electron chi connectivity index (χ2n) is 12.5. The van der Waals surface area contributed by atoms with Crippen LogP contribution in [0.5, 0.6) is 0 Å². The van der Waals surface area contributed by atoms with Crippen molar-refractivity contribution in [3.8, 4) is 0 Å². The number of esters is 4. The van der Waals surface area contributed by atoms with Crippen molar-refractivity contribution in [3.63, 3.8) is 0 Å². The molecule has 0 saturated carbocycles. The molecule has 0 amide bonds. The Hall–Kier alpha value is -4.38. The Kier molecular flexibility index (Phi) is 34.8. The van der Waals surface area contributed by atoms with Crippen molar-refractivity contribution in [1.29, 1.82) is 0 Å². The monoisotopic (exact) mass is 1310 g/mol. The van der Waals surface area contributed by atoms with Crippen molar-refractivity contribution in [1.82, 2.24) is 19.9 Å². The van der Waals surface area contributed by atoms with Crippen molar-refractivity contribution >= 4 is 145 Å². The molecule has 5 rings (SSSR count). The van der Waals surface area contributed by atoms with Crippen LogP contribution in [0.4, 0.5) is 17.1 Å². The van der Waals surface area contributed by atoms with Crippen LogP contribution in [0, 0.1) is 42.8 Å². The van der Waals surface area contributed by atoms with Crippen LogP contribution in [-0.4, -0.2) is 110 Å². The van der Waals surface area contributed by atoms with Gasteiger partial charge in [0.15, 0.2) is 5.92 Å². The number of carbonyl (C=O) groups is 4. The molecule has 21 nitrogen and oxygen atoms in total. The van der Waals surface area contributed by atoms with Crippen LogP contribution < -0.4 is 17.0 Å². The van der Waals surface area contributed by atoms with Crippen LogP contribution in [0.25, 0.3) is 6.08 Å². The number of hydrogen-bond donors (Lipinski definition) is 0. The Balaban J connectivity index is -0.000000795. The van der Waals surface area contributed by atoms with Crippen LogP contribution in [0.1, 0.15) is 55.9 Å². The number of ether oxygens (including phenoxy) is 4. The van der Waals surface area contributed by atoms with Gasteiger partial charge in [0.1, 0.15) is 11.4 Å². The van der Waals surface area contributed by atoms with Crippen molar-refractivity contribution in [3.05, 3.63) is 144 Å². The predicted molar refractivity (Wildman–Crippen MR) is 264 cm³/mol. The smallest absolute Gasteiger partial charge is 1.00 e. The topological polar surface area (TPSA) is 286 Å². The van der Waals surface area contributed by atoms with Crippen LogP contribution in [0.2, 0.25) is 5.15 Å². The second-order valence-corrected chi connectivity index (χ2v) is 16.5.